The molecule has 10 heteroatoms. The van der Waals surface area contributed by atoms with Crippen LogP contribution in [0.5, 0.6) is 0 Å². The maximum absolute atomic E-state index is 13.0. The van der Waals surface area contributed by atoms with Gasteiger partial charge in [-0.25, -0.2) is 4.79 Å². The van der Waals surface area contributed by atoms with Gasteiger partial charge in [0.1, 0.15) is 0 Å². The first-order valence-electron chi connectivity index (χ1n) is 9.98. The summed E-state index contributed by atoms with van der Waals surface area (Å²) in [5, 5.41) is 11.4. The van der Waals surface area contributed by atoms with E-state index in [4.69, 9.17) is 0 Å². The van der Waals surface area contributed by atoms with Gasteiger partial charge in [0.25, 0.3) is 0 Å². The monoisotopic (exact) mass is 459 g/mol. The highest BCUT2D eigenvalue weighted by molar-refractivity contribution is 8.00. The summed E-state index contributed by atoms with van der Waals surface area (Å²) in [6.07, 6.45) is -0.660. The van der Waals surface area contributed by atoms with Crippen molar-refractivity contribution in [2.75, 3.05) is 19.8 Å². The van der Waals surface area contributed by atoms with E-state index < -0.39 is 12.1 Å². The van der Waals surface area contributed by atoms with Crippen molar-refractivity contribution < 1.29 is 14.4 Å². The number of carbonyl (C=O) groups is 3. The van der Waals surface area contributed by atoms with Gasteiger partial charge in [0.15, 0.2) is 0 Å². The van der Waals surface area contributed by atoms with E-state index in [-0.39, 0.29) is 35.1 Å². The molecular formula is C21H25N5O3S2. The Morgan fingerprint density at radius 2 is 1.90 bits per heavy atom. The van der Waals surface area contributed by atoms with Crippen molar-refractivity contribution in [3.63, 3.8) is 0 Å². The number of imide groups is 1. The number of hydrogen-bond donors (Lipinski definition) is 3. The highest BCUT2D eigenvalue weighted by Gasteiger charge is 2.51. The number of benzene rings is 1. The van der Waals surface area contributed by atoms with Crippen LogP contribution in [0.1, 0.15) is 16.6 Å². The first-order chi connectivity index (χ1) is 15.0. The Morgan fingerprint density at radius 3 is 2.61 bits per heavy atom. The van der Waals surface area contributed by atoms with Crippen LogP contribution in [0, 0.1) is 5.92 Å². The van der Waals surface area contributed by atoms with Crippen LogP contribution in [0.15, 0.2) is 47.8 Å². The molecule has 0 spiro atoms. The van der Waals surface area contributed by atoms with Gasteiger partial charge < -0.3 is 10.2 Å². The van der Waals surface area contributed by atoms with E-state index in [0.717, 1.165) is 15.3 Å². The lowest BCUT2D eigenvalue weighted by Crippen LogP contribution is -2.72. The summed E-state index contributed by atoms with van der Waals surface area (Å²) in [6, 6.07) is 13.3. The molecule has 0 bridgehead atoms. The number of thiophene rings is 1. The molecule has 2 saturated heterocycles. The lowest BCUT2D eigenvalue weighted by atomic mass is 9.97. The Bertz CT molecular complexity index is 940. The zero-order chi connectivity index (χ0) is 22.0. The highest BCUT2D eigenvalue weighted by Crippen LogP contribution is 2.35. The Labute approximate surface area is 189 Å². The lowest BCUT2D eigenvalue weighted by Gasteiger charge is -2.50. The Kier molecular flexibility index (Phi) is 6.61. The number of urea groups is 1. The van der Waals surface area contributed by atoms with E-state index in [9.17, 15) is 14.4 Å². The van der Waals surface area contributed by atoms with Gasteiger partial charge in [-0.2, -0.15) is 0 Å². The van der Waals surface area contributed by atoms with E-state index in [1.54, 1.807) is 23.3 Å². The smallest absolute Gasteiger partial charge is 0.327 e. The molecule has 3 N–H and O–H groups in total. The Morgan fingerprint density at radius 1 is 1.13 bits per heavy atom. The molecule has 4 rings (SSSR count). The number of nitrogens with zero attached hydrogens (tertiary/aromatic N) is 2. The number of rotatable bonds is 6. The first-order valence-corrected chi connectivity index (χ1v) is 11.9. The molecular weight excluding hydrogens is 434 g/mol. The second-order valence-corrected chi connectivity index (χ2v) is 9.65. The summed E-state index contributed by atoms with van der Waals surface area (Å²) < 4.78 is 0. The van der Waals surface area contributed by atoms with Gasteiger partial charge >= 0.3 is 6.03 Å². The molecule has 4 atom stereocenters. The third-order valence-corrected chi connectivity index (χ3v) is 7.66. The van der Waals surface area contributed by atoms with Crippen LogP contribution in [0.3, 0.4) is 0 Å². The maximum atomic E-state index is 13.0. The van der Waals surface area contributed by atoms with Crippen molar-refractivity contribution in [3.05, 3.63) is 58.3 Å². The SMILES string of the molecule is CN1C(=O)C2C(SCC(=O)NCc3ccccc3)NC(c3cccs3)NC2N(C)C1=O. The molecule has 0 radical (unpaired) electrons. The minimum absolute atomic E-state index is 0.0977. The van der Waals surface area contributed by atoms with Crippen LogP contribution in [0.2, 0.25) is 0 Å². The van der Waals surface area contributed by atoms with Crippen molar-refractivity contribution >= 4 is 40.9 Å². The molecule has 2 aliphatic rings. The second kappa shape index (κ2) is 9.39. The molecule has 2 aliphatic heterocycles. The van der Waals surface area contributed by atoms with Gasteiger partial charge in [-0.15, -0.1) is 23.1 Å². The zero-order valence-electron chi connectivity index (χ0n) is 17.3. The van der Waals surface area contributed by atoms with Crippen LogP contribution in [0.4, 0.5) is 4.79 Å². The van der Waals surface area contributed by atoms with Crippen LogP contribution in [0.25, 0.3) is 0 Å². The molecule has 0 saturated carbocycles. The Hall–Kier alpha value is -2.40. The third-order valence-electron chi connectivity index (χ3n) is 5.51. The summed E-state index contributed by atoms with van der Waals surface area (Å²) >= 11 is 2.98. The summed E-state index contributed by atoms with van der Waals surface area (Å²) in [5.74, 6) is -0.644. The minimum atomic E-state index is -0.504. The van der Waals surface area contributed by atoms with Crippen LogP contribution < -0.4 is 16.0 Å². The number of thioether (sulfide) groups is 1. The van der Waals surface area contributed by atoms with Crippen LogP contribution >= 0.6 is 23.1 Å². The largest absolute Gasteiger partial charge is 0.351 e. The van der Waals surface area contributed by atoms with Crippen molar-refractivity contribution in [1.29, 1.82) is 0 Å². The summed E-state index contributed by atoms with van der Waals surface area (Å²) in [7, 11) is 3.19. The third kappa shape index (κ3) is 4.62. The quantitative estimate of drug-likeness (QED) is 0.610. The van der Waals surface area contributed by atoms with Crippen molar-refractivity contribution in [1.82, 2.24) is 25.8 Å². The molecule has 0 aliphatic carbocycles. The topological polar surface area (TPSA) is 93.8 Å². The molecule has 3 heterocycles. The van der Waals surface area contributed by atoms with Crippen molar-refractivity contribution in [3.8, 4) is 0 Å². The fourth-order valence-corrected chi connectivity index (χ4v) is 5.71. The summed E-state index contributed by atoms with van der Waals surface area (Å²) in [5.41, 5.74) is 1.03. The van der Waals surface area contributed by atoms with Gasteiger partial charge in [0.2, 0.25) is 11.8 Å². The number of carbonyl (C=O) groups excluding carboxylic acids is 3. The maximum Gasteiger partial charge on any atom is 0.327 e. The Balaban J connectivity index is 1.46. The number of fused-ring (bicyclic) bond motifs is 1. The molecule has 4 unspecified atom stereocenters. The fraction of sp³-hybridized carbons (Fsp3) is 0.381. The average Bonchev–Trinajstić information content (AvgIpc) is 3.33. The van der Waals surface area contributed by atoms with Gasteiger partial charge in [0, 0.05) is 25.5 Å². The van der Waals surface area contributed by atoms with E-state index >= 15 is 0 Å². The molecule has 164 valence electrons. The van der Waals surface area contributed by atoms with Crippen molar-refractivity contribution in [2.45, 2.75) is 24.3 Å². The van der Waals surface area contributed by atoms with Gasteiger partial charge in [-0.05, 0) is 17.0 Å². The molecule has 1 aromatic heterocycles. The predicted molar refractivity (Wildman–Crippen MR) is 121 cm³/mol. The molecule has 31 heavy (non-hydrogen) atoms. The average molecular weight is 460 g/mol. The van der Waals surface area contributed by atoms with Gasteiger partial charge in [-0.3, -0.25) is 25.1 Å². The predicted octanol–water partition coefficient (Wildman–Crippen LogP) is 1.78. The molecule has 8 nitrogen and oxygen atoms in total. The van der Waals surface area contributed by atoms with E-state index in [1.165, 1.54) is 18.8 Å². The lowest BCUT2D eigenvalue weighted by molar-refractivity contribution is -0.140. The highest BCUT2D eigenvalue weighted by atomic mass is 32.2. The molecule has 2 fully saturated rings. The van der Waals surface area contributed by atoms with Crippen LogP contribution in [-0.4, -0.2) is 59.0 Å². The van der Waals surface area contributed by atoms with Crippen molar-refractivity contribution in [2.24, 2.45) is 5.92 Å². The molecule has 1 aromatic carbocycles. The number of nitrogens with one attached hydrogen (secondary N) is 3. The first kappa shape index (κ1) is 21.8. The van der Waals surface area contributed by atoms with E-state index in [0.29, 0.717) is 6.54 Å². The molecule has 2 aromatic rings. The zero-order valence-corrected chi connectivity index (χ0v) is 18.9. The fourth-order valence-electron chi connectivity index (χ4n) is 3.83. The summed E-state index contributed by atoms with van der Waals surface area (Å²) in [4.78, 5) is 41.7. The molecule has 4 amide bonds. The minimum Gasteiger partial charge on any atom is -0.351 e. The van der Waals surface area contributed by atoms with E-state index in [2.05, 4.69) is 16.0 Å². The van der Waals surface area contributed by atoms with Gasteiger partial charge in [-0.1, -0.05) is 36.4 Å². The normalized spacial score (nSPS) is 26.0. The summed E-state index contributed by atoms with van der Waals surface area (Å²) in [6.45, 7) is 0.461. The second-order valence-electron chi connectivity index (χ2n) is 7.54. The van der Waals surface area contributed by atoms with Crippen LogP contribution in [-0.2, 0) is 16.1 Å². The standard InChI is InChI=1S/C21H25N5O3S2/c1-25-18-16(20(28)26(2)21(25)29)19(24-17(23-18)14-9-6-10-30-14)31-12-15(27)22-11-13-7-4-3-5-8-13/h3-10,16-19,23-24H,11-12H2,1-2H3,(H,22,27). The number of hydrogen-bond acceptors (Lipinski definition) is 7. The van der Waals surface area contributed by atoms with Gasteiger partial charge in [0.05, 0.1) is 29.4 Å². The number of amides is 4. The van der Waals surface area contributed by atoms with E-state index in [1.807, 2.05) is 47.8 Å².